The number of guanidine groups is 1. The zero-order chi connectivity index (χ0) is 14.7. The van der Waals surface area contributed by atoms with E-state index in [-0.39, 0.29) is 12.5 Å². The van der Waals surface area contributed by atoms with Gasteiger partial charge in [-0.2, -0.15) is 0 Å². The summed E-state index contributed by atoms with van der Waals surface area (Å²) >= 11 is 0. The van der Waals surface area contributed by atoms with Crippen molar-refractivity contribution in [1.29, 1.82) is 0 Å². The van der Waals surface area contributed by atoms with Gasteiger partial charge in [0.25, 0.3) is 0 Å². The van der Waals surface area contributed by atoms with Gasteiger partial charge in [-0.1, -0.05) is 26.7 Å². The molecule has 0 aliphatic rings. The monoisotopic (exact) mass is 270 g/mol. The Bertz CT molecular complexity index is 277. The molecule has 0 saturated heterocycles. The van der Waals surface area contributed by atoms with Crippen LogP contribution in [0.5, 0.6) is 0 Å². The molecule has 0 rings (SSSR count). The van der Waals surface area contributed by atoms with Gasteiger partial charge in [0.05, 0.1) is 0 Å². The van der Waals surface area contributed by atoms with Crippen molar-refractivity contribution in [2.24, 2.45) is 4.99 Å². The fourth-order valence-electron chi connectivity index (χ4n) is 1.36. The molecule has 0 spiro atoms. The fourth-order valence-corrected chi connectivity index (χ4v) is 1.36. The van der Waals surface area contributed by atoms with Crippen molar-refractivity contribution in [1.82, 2.24) is 15.5 Å². The smallest absolute Gasteiger partial charge is 0.243 e. The second-order valence-corrected chi connectivity index (χ2v) is 5.04. The molecule has 0 aromatic heterocycles. The molecule has 1 unspecified atom stereocenters. The van der Waals surface area contributed by atoms with Gasteiger partial charge in [-0.15, -0.1) is 0 Å². The zero-order valence-electron chi connectivity index (χ0n) is 13.1. The minimum atomic E-state index is 0.0128. The quantitative estimate of drug-likeness (QED) is 0.400. The molecule has 0 heterocycles. The highest BCUT2D eigenvalue weighted by atomic mass is 16.2. The molecule has 112 valence electrons. The van der Waals surface area contributed by atoms with E-state index in [0.717, 1.165) is 25.3 Å². The Morgan fingerprint density at radius 2 is 1.95 bits per heavy atom. The Hall–Kier alpha value is -1.26. The summed E-state index contributed by atoms with van der Waals surface area (Å²) in [6.45, 7) is 7.50. The van der Waals surface area contributed by atoms with E-state index in [1.807, 2.05) is 0 Å². The average Bonchev–Trinajstić information content (AvgIpc) is 2.39. The SMILES string of the molecule is CCCCCNC(=NCC(=O)N(C)C)NC(C)CC. The van der Waals surface area contributed by atoms with Gasteiger partial charge in [0.1, 0.15) is 6.54 Å². The molecule has 0 aromatic carbocycles. The van der Waals surface area contributed by atoms with Crippen LogP contribution in [0.2, 0.25) is 0 Å². The van der Waals surface area contributed by atoms with E-state index >= 15 is 0 Å². The topological polar surface area (TPSA) is 56.7 Å². The van der Waals surface area contributed by atoms with Crippen LogP contribution in [-0.4, -0.2) is 50.0 Å². The van der Waals surface area contributed by atoms with Crippen molar-refractivity contribution in [2.45, 2.75) is 52.5 Å². The van der Waals surface area contributed by atoms with Gasteiger partial charge in [-0.3, -0.25) is 4.79 Å². The van der Waals surface area contributed by atoms with Crippen LogP contribution in [0.1, 0.15) is 46.5 Å². The zero-order valence-corrected chi connectivity index (χ0v) is 13.1. The predicted octanol–water partition coefficient (Wildman–Crippen LogP) is 1.60. The molecule has 0 bridgehead atoms. The normalized spacial score (nSPS) is 13.0. The number of carbonyl (C=O) groups is 1. The number of carbonyl (C=O) groups excluding carboxylic acids is 1. The molecule has 0 radical (unpaired) electrons. The van der Waals surface area contributed by atoms with Crippen LogP contribution in [-0.2, 0) is 4.79 Å². The predicted molar refractivity (Wildman–Crippen MR) is 81.4 cm³/mol. The summed E-state index contributed by atoms with van der Waals surface area (Å²) in [5, 5.41) is 6.59. The molecule has 5 heteroatoms. The van der Waals surface area contributed by atoms with E-state index in [1.165, 1.54) is 12.8 Å². The van der Waals surface area contributed by atoms with Crippen LogP contribution in [0.15, 0.2) is 4.99 Å². The lowest BCUT2D eigenvalue weighted by atomic mass is 10.2. The van der Waals surface area contributed by atoms with Crippen molar-refractivity contribution in [3.8, 4) is 0 Å². The van der Waals surface area contributed by atoms with E-state index in [2.05, 4.69) is 36.4 Å². The van der Waals surface area contributed by atoms with Gasteiger partial charge in [-0.05, 0) is 19.8 Å². The van der Waals surface area contributed by atoms with E-state index in [0.29, 0.717) is 6.04 Å². The first-order valence-electron chi connectivity index (χ1n) is 7.26. The summed E-state index contributed by atoms with van der Waals surface area (Å²) < 4.78 is 0. The molecule has 0 fully saturated rings. The van der Waals surface area contributed by atoms with Crippen LogP contribution >= 0.6 is 0 Å². The molecule has 0 aromatic rings. The van der Waals surface area contributed by atoms with E-state index < -0.39 is 0 Å². The first-order chi connectivity index (χ1) is 9.01. The standard InChI is InChI=1S/C14H30N4O/c1-6-8-9-10-15-14(17-12(3)7-2)16-11-13(19)18(4)5/h12H,6-11H2,1-5H3,(H2,15,16,17). The van der Waals surface area contributed by atoms with E-state index in [9.17, 15) is 4.79 Å². The van der Waals surface area contributed by atoms with Crippen molar-refractivity contribution in [2.75, 3.05) is 27.2 Å². The van der Waals surface area contributed by atoms with Crippen molar-refractivity contribution < 1.29 is 4.79 Å². The Morgan fingerprint density at radius 1 is 1.26 bits per heavy atom. The molecule has 5 nitrogen and oxygen atoms in total. The van der Waals surface area contributed by atoms with Crippen LogP contribution in [0.4, 0.5) is 0 Å². The lowest BCUT2D eigenvalue weighted by Gasteiger charge is -2.17. The lowest BCUT2D eigenvalue weighted by molar-refractivity contribution is -0.127. The van der Waals surface area contributed by atoms with Crippen molar-refractivity contribution in [3.05, 3.63) is 0 Å². The lowest BCUT2D eigenvalue weighted by Crippen LogP contribution is -2.43. The summed E-state index contributed by atoms with van der Waals surface area (Å²) in [4.78, 5) is 17.4. The summed E-state index contributed by atoms with van der Waals surface area (Å²) in [5.41, 5.74) is 0. The number of unbranched alkanes of at least 4 members (excludes halogenated alkanes) is 2. The maximum Gasteiger partial charge on any atom is 0.243 e. The first-order valence-corrected chi connectivity index (χ1v) is 7.26. The number of rotatable bonds is 8. The van der Waals surface area contributed by atoms with E-state index in [4.69, 9.17) is 0 Å². The third-order valence-electron chi connectivity index (χ3n) is 2.94. The number of likely N-dealkylation sites (N-methyl/N-ethyl adjacent to an activating group) is 1. The van der Waals surface area contributed by atoms with Crippen LogP contribution in [0.25, 0.3) is 0 Å². The molecule has 1 amide bonds. The Kier molecular flexibility index (Phi) is 9.94. The second kappa shape index (κ2) is 10.6. The van der Waals surface area contributed by atoms with Gasteiger partial charge in [0.15, 0.2) is 5.96 Å². The van der Waals surface area contributed by atoms with Crippen LogP contribution < -0.4 is 10.6 Å². The van der Waals surface area contributed by atoms with Crippen LogP contribution in [0, 0.1) is 0 Å². The highest BCUT2D eigenvalue weighted by molar-refractivity contribution is 5.84. The van der Waals surface area contributed by atoms with E-state index in [1.54, 1.807) is 19.0 Å². The third-order valence-corrected chi connectivity index (χ3v) is 2.94. The number of hydrogen-bond donors (Lipinski definition) is 2. The average molecular weight is 270 g/mol. The highest BCUT2D eigenvalue weighted by Crippen LogP contribution is 1.92. The van der Waals surface area contributed by atoms with Crippen molar-refractivity contribution in [3.63, 3.8) is 0 Å². The van der Waals surface area contributed by atoms with Gasteiger partial charge in [0, 0.05) is 26.7 Å². The molecule has 1 atom stereocenters. The Labute approximate surface area is 117 Å². The minimum absolute atomic E-state index is 0.0128. The Morgan fingerprint density at radius 3 is 2.47 bits per heavy atom. The summed E-state index contributed by atoms with van der Waals surface area (Å²) in [5.74, 6) is 0.750. The number of amides is 1. The number of nitrogens with one attached hydrogen (secondary N) is 2. The van der Waals surface area contributed by atoms with Crippen LogP contribution in [0.3, 0.4) is 0 Å². The number of hydrogen-bond acceptors (Lipinski definition) is 2. The van der Waals surface area contributed by atoms with Gasteiger partial charge in [0.2, 0.25) is 5.91 Å². The molecule has 0 aliphatic heterocycles. The van der Waals surface area contributed by atoms with Gasteiger partial charge < -0.3 is 15.5 Å². The summed E-state index contributed by atoms with van der Waals surface area (Å²) in [6.07, 6.45) is 4.56. The minimum Gasteiger partial charge on any atom is -0.356 e. The second-order valence-electron chi connectivity index (χ2n) is 5.04. The molecular formula is C14H30N4O. The number of nitrogens with zero attached hydrogens (tertiary/aromatic N) is 2. The largest absolute Gasteiger partial charge is 0.356 e. The maximum absolute atomic E-state index is 11.5. The summed E-state index contributed by atoms with van der Waals surface area (Å²) in [7, 11) is 3.49. The third kappa shape index (κ3) is 9.33. The molecule has 19 heavy (non-hydrogen) atoms. The van der Waals surface area contributed by atoms with Gasteiger partial charge >= 0.3 is 0 Å². The first kappa shape index (κ1) is 17.7. The molecule has 0 saturated carbocycles. The maximum atomic E-state index is 11.5. The van der Waals surface area contributed by atoms with Gasteiger partial charge in [-0.25, -0.2) is 4.99 Å². The Balaban J connectivity index is 4.30. The summed E-state index contributed by atoms with van der Waals surface area (Å²) in [6, 6.07) is 0.354. The molecule has 0 aliphatic carbocycles. The fraction of sp³-hybridized carbons (Fsp3) is 0.857. The highest BCUT2D eigenvalue weighted by Gasteiger charge is 2.06. The molecule has 2 N–H and O–H groups in total. The molecular weight excluding hydrogens is 240 g/mol. The van der Waals surface area contributed by atoms with Crippen molar-refractivity contribution >= 4 is 11.9 Å². The number of aliphatic imine (C=N–C) groups is 1.